The van der Waals surface area contributed by atoms with Gasteiger partial charge in [0.1, 0.15) is 5.75 Å². The Hall–Kier alpha value is -2.46. The highest BCUT2D eigenvalue weighted by Crippen LogP contribution is 2.36. The van der Waals surface area contributed by atoms with Crippen molar-refractivity contribution in [2.75, 3.05) is 25.4 Å². The molecule has 1 atom stereocenters. The first-order valence-corrected chi connectivity index (χ1v) is 10.1. The summed E-state index contributed by atoms with van der Waals surface area (Å²) < 4.78 is 5.45. The van der Waals surface area contributed by atoms with Gasteiger partial charge in [-0.3, -0.25) is 9.59 Å². The fourth-order valence-corrected chi connectivity index (χ4v) is 3.96. The summed E-state index contributed by atoms with van der Waals surface area (Å²) in [6.45, 7) is 7.63. The second kappa shape index (κ2) is 10.0. The highest BCUT2D eigenvalue weighted by molar-refractivity contribution is 8.03. The Kier molecular flexibility index (Phi) is 7.74. The molecule has 0 radical (unpaired) electrons. The number of carbonyl (C=O) groups excluding carboxylic acids is 2. The summed E-state index contributed by atoms with van der Waals surface area (Å²) in [5.41, 5.74) is 1.38. The van der Waals surface area contributed by atoms with Crippen molar-refractivity contribution in [3.05, 3.63) is 40.4 Å². The van der Waals surface area contributed by atoms with Crippen molar-refractivity contribution < 1.29 is 14.3 Å². The van der Waals surface area contributed by atoms with Crippen molar-refractivity contribution >= 4 is 23.6 Å². The first kappa shape index (κ1) is 20.8. The smallest absolute Gasteiger partial charge is 0.232 e. The summed E-state index contributed by atoms with van der Waals surface area (Å²) in [6, 6.07) is 9.69. The normalized spacial score (nSPS) is 16.5. The third-order valence-electron chi connectivity index (χ3n) is 4.41. The Morgan fingerprint density at radius 2 is 1.96 bits per heavy atom. The highest BCUT2D eigenvalue weighted by Gasteiger charge is 2.30. The predicted octanol–water partition coefficient (Wildman–Crippen LogP) is 3.03. The minimum absolute atomic E-state index is 0.00719. The largest absolute Gasteiger partial charge is 0.494 e. The van der Waals surface area contributed by atoms with E-state index < -0.39 is 0 Å². The van der Waals surface area contributed by atoms with Gasteiger partial charge in [-0.2, -0.15) is 5.26 Å². The van der Waals surface area contributed by atoms with Crippen LogP contribution in [0.15, 0.2) is 34.9 Å². The van der Waals surface area contributed by atoms with Crippen LogP contribution < -0.4 is 10.1 Å². The molecule has 1 N–H and O–H groups in total. The van der Waals surface area contributed by atoms with Crippen molar-refractivity contribution in [1.82, 2.24) is 10.2 Å². The van der Waals surface area contributed by atoms with Gasteiger partial charge in [-0.1, -0.05) is 23.9 Å². The van der Waals surface area contributed by atoms with Crippen LogP contribution in [0.4, 0.5) is 0 Å². The molecule has 0 fully saturated rings. The van der Waals surface area contributed by atoms with E-state index in [1.54, 1.807) is 4.90 Å². The van der Waals surface area contributed by atoms with Gasteiger partial charge < -0.3 is 15.0 Å². The Bertz CT molecular complexity index is 749. The maximum absolute atomic E-state index is 12.2. The predicted molar refractivity (Wildman–Crippen MR) is 106 cm³/mol. The minimum Gasteiger partial charge on any atom is -0.494 e. The molecule has 0 bridgehead atoms. The number of carbonyl (C=O) groups is 2. The van der Waals surface area contributed by atoms with Crippen LogP contribution in [0, 0.1) is 11.3 Å². The van der Waals surface area contributed by atoms with Crippen molar-refractivity contribution in [3.63, 3.8) is 0 Å². The van der Waals surface area contributed by atoms with Crippen LogP contribution in [0.5, 0.6) is 5.75 Å². The van der Waals surface area contributed by atoms with Crippen LogP contribution >= 0.6 is 11.8 Å². The van der Waals surface area contributed by atoms with E-state index in [1.807, 2.05) is 45.0 Å². The third kappa shape index (κ3) is 5.27. The van der Waals surface area contributed by atoms with Crippen molar-refractivity contribution in [1.29, 1.82) is 5.26 Å². The number of benzene rings is 1. The lowest BCUT2D eigenvalue weighted by Crippen LogP contribution is -2.34. The van der Waals surface area contributed by atoms with Crippen LogP contribution in [0.3, 0.4) is 0 Å². The van der Waals surface area contributed by atoms with E-state index in [2.05, 4.69) is 11.4 Å². The van der Waals surface area contributed by atoms with E-state index in [0.29, 0.717) is 30.3 Å². The number of hydrogen-bond acceptors (Lipinski definition) is 5. The number of nitrogens with zero attached hydrogens (tertiary/aromatic N) is 2. The molecule has 2 amide bonds. The number of ether oxygens (including phenoxy) is 1. The average molecular weight is 388 g/mol. The zero-order chi connectivity index (χ0) is 19.8. The molecule has 0 aromatic heterocycles. The summed E-state index contributed by atoms with van der Waals surface area (Å²) >= 11 is 1.22. The van der Waals surface area contributed by atoms with E-state index in [4.69, 9.17) is 4.74 Å². The first-order valence-electron chi connectivity index (χ1n) is 9.11. The summed E-state index contributed by atoms with van der Waals surface area (Å²) in [4.78, 5) is 26.2. The Labute approximate surface area is 164 Å². The molecule has 6 nitrogen and oxygen atoms in total. The zero-order valence-corrected chi connectivity index (χ0v) is 16.8. The van der Waals surface area contributed by atoms with Gasteiger partial charge in [0.05, 0.1) is 29.0 Å². The molecule has 7 heteroatoms. The van der Waals surface area contributed by atoms with Crippen LogP contribution in [0.1, 0.15) is 38.7 Å². The van der Waals surface area contributed by atoms with Gasteiger partial charge in [-0.05, 0) is 38.5 Å². The lowest BCUT2D eigenvalue weighted by Gasteiger charge is -2.26. The van der Waals surface area contributed by atoms with Crippen LogP contribution in [-0.2, 0) is 9.59 Å². The number of nitriles is 1. The van der Waals surface area contributed by atoms with Crippen molar-refractivity contribution in [2.45, 2.75) is 33.1 Å². The molecular formula is C20H25N3O3S. The van der Waals surface area contributed by atoms with E-state index in [-0.39, 0.29) is 29.9 Å². The standard InChI is InChI=1S/C20H25N3O3S/c1-4-23(5-2)19(25)13-27-20-17(12-21)16(11-18(24)22-20)14-7-9-15(10-8-14)26-6-3/h7-10,16H,4-6,11,13H2,1-3H3,(H,22,24)/t16-/m0/s1. The van der Waals surface area contributed by atoms with E-state index in [1.165, 1.54) is 11.8 Å². The number of hydrogen-bond donors (Lipinski definition) is 1. The maximum Gasteiger partial charge on any atom is 0.232 e. The fourth-order valence-electron chi connectivity index (χ4n) is 2.98. The first-order chi connectivity index (χ1) is 13.0. The minimum atomic E-state index is -0.314. The molecule has 1 aliphatic rings. The molecule has 0 aliphatic carbocycles. The van der Waals surface area contributed by atoms with Crippen molar-refractivity contribution in [2.24, 2.45) is 0 Å². The van der Waals surface area contributed by atoms with Crippen LogP contribution in [0.25, 0.3) is 0 Å². The summed E-state index contributed by atoms with van der Waals surface area (Å²) in [5, 5.41) is 12.9. The second-order valence-electron chi connectivity index (χ2n) is 6.02. The van der Waals surface area contributed by atoms with Gasteiger partial charge in [0, 0.05) is 25.4 Å². The van der Waals surface area contributed by atoms with Gasteiger partial charge in [0.25, 0.3) is 0 Å². The molecule has 27 heavy (non-hydrogen) atoms. The zero-order valence-electron chi connectivity index (χ0n) is 15.9. The summed E-state index contributed by atoms with van der Waals surface area (Å²) in [6.07, 6.45) is 0.213. The highest BCUT2D eigenvalue weighted by atomic mass is 32.2. The quantitative estimate of drug-likeness (QED) is 0.741. The molecule has 0 unspecified atom stereocenters. The molecular weight excluding hydrogens is 362 g/mol. The van der Waals surface area contributed by atoms with Crippen LogP contribution in [-0.4, -0.2) is 42.2 Å². The van der Waals surface area contributed by atoms with E-state index in [9.17, 15) is 14.9 Å². The van der Waals surface area contributed by atoms with Gasteiger partial charge >= 0.3 is 0 Å². The molecule has 0 spiro atoms. The molecule has 2 rings (SSSR count). The SMILES string of the molecule is CCOc1ccc([C@@H]2CC(=O)NC(SCC(=O)N(CC)CC)=C2C#N)cc1. The number of nitrogens with one attached hydrogen (secondary N) is 1. The molecule has 144 valence electrons. The monoisotopic (exact) mass is 387 g/mol. The average Bonchev–Trinajstić information content (AvgIpc) is 2.67. The molecule has 1 aromatic carbocycles. The van der Waals surface area contributed by atoms with Gasteiger partial charge in [-0.25, -0.2) is 0 Å². The molecule has 0 saturated carbocycles. The number of allylic oxidation sites excluding steroid dienone is 1. The Balaban J connectivity index is 2.22. The van der Waals surface area contributed by atoms with Crippen molar-refractivity contribution in [3.8, 4) is 11.8 Å². The molecule has 1 aliphatic heterocycles. The number of amides is 2. The number of thioether (sulfide) groups is 1. The maximum atomic E-state index is 12.2. The second-order valence-corrected chi connectivity index (χ2v) is 7.00. The Morgan fingerprint density at radius 3 is 2.52 bits per heavy atom. The molecule has 0 saturated heterocycles. The summed E-state index contributed by atoms with van der Waals surface area (Å²) in [7, 11) is 0. The topological polar surface area (TPSA) is 82.4 Å². The summed E-state index contributed by atoms with van der Waals surface area (Å²) in [5.74, 6) is 0.477. The van der Waals surface area contributed by atoms with Gasteiger partial charge in [-0.15, -0.1) is 0 Å². The van der Waals surface area contributed by atoms with Crippen LogP contribution in [0.2, 0.25) is 0 Å². The lowest BCUT2D eigenvalue weighted by atomic mass is 9.87. The molecule has 1 aromatic rings. The lowest BCUT2D eigenvalue weighted by molar-refractivity contribution is -0.128. The Morgan fingerprint density at radius 1 is 1.30 bits per heavy atom. The van der Waals surface area contributed by atoms with Gasteiger partial charge in [0.2, 0.25) is 11.8 Å². The third-order valence-corrected chi connectivity index (χ3v) is 5.41. The van der Waals surface area contributed by atoms with Gasteiger partial charge in [0.15, 0.2) is 0 Å². The fraction of sp³-hybridized carbons (Fsp3) is 0.450. The molecule has 1 heterocycles. The van der Waals surface area contributed by atoms with E-state index in [0.717, 1.165) is 11.3 Å². The van der Waals surface area contributed by atoms with E-state index >= 15 is 0 Å². The number of rotatable bonds is 8.